The van der Waals surface area contributed by atoms with E-state index in [9.17, 15) is 0 Å². The fraction of sp³-hybridized carbons (Fsp3) is 0.308. The van der Waals surface area contributed by atoms with E-state index in [4.69, 9.17) is 5.84 Å². The van der Waals surface area contributed by atoms with Crippen molar-refractivity contribution in [2.24, 2.45) is 5.84 Å². The number of hydrogen-bond acceptors (Lipinski definition) is 7. The Kier molecular flexibility index (Phi) is 5.51. The van der Waals surface area contributed by atoms with Crippen LogP contribution in [-0.2, 0) is 0 Å². The number of anilines is 4. The highest BCUT2D eigenvalue weighted by atomic mass is 127. The van der Waals surface area contributed by atoms with E-state index in [1.165, 1.54) is 3.57 Å². The van der Waals surface area contributed by atoms with Crippen molar-refractivity contribution in [2.45, 2.75) is 13.8 Å². The summed E-state index contributed by atoms with van der Waals surface area (Å²) in [7, 11) is 0. The Hall–Kier alpha value is -1.68. The second kappa shape index (κ2) is 7.36. The number of benzene rings is 1. The molecule has 0 saturated carbocycles. The lowest BCUT2D eigenvalue weighted by molar-refractivity contribution is 0.814. The summed E-state index contributed by atoms with van der Waals surface area (Å²) in [6.07, 6.45) is 0. The van der Waals surface area contributed by atoms with Crippen molar-refractivity contribution in [1.82, 2.24) is 15.0 Å². The van der Waals surface area contributed by atoms with Gasteiger partial charge in [-0.25, -0.2) is 5.84 Å². The van der Waals surface area contributed by atoms with Crippen LogP contribution in [0.1, 0.15) is 13.8 Å². The Labute approximate surface area is 137 Å². The van der Waals surface area contributed by atoms with Crippen LogP contribution in [-0.4, -0.2) is 28.0 Å². The monoisotopic (exact) mass is 399 g/mol. The molecule has 0 radical (unpaired) electrons. The molecule has 21 heavy (non-hydrogen) atoms. The molecule has 0 atom stereocenters. The molecule has 0 aliphatic heterocycles. The highest BCUT2D eigenvalue weighted by Gasteiger charge is 2.10. The number of aromatic nitrogens is 3. The highest BCUT2D eigenvalue weighted by molar-refractivity contribution is 14.1. The third kappa shape index (κ3) is 4.14. The number of nitrogens with zero attached hydrogens (tertiary/aromatic N) is 4. The lowest BCUT2D eigenvalue weighted by atomic mass is 10.3. The summed E-state index contributed by atoms with van der Waals surface area (Å²) in [5.74, 6) is 6.82. The van der Waals surface area contributed by atoms with Gasteiger partial charge in [-0.05, 0) is 60.7 Å². The number of hydrazine groups is 1. The topological polar surface area (TPSA) is 92.0 Å². The standard InChI is InChI=1S/C13H18IN7/c1-3-21(4-2)13-18-11(17-12(19-13)20-15)16-10-7-5-9(14)6-8-10/h5-8H,3-4,15H2,1-2H3,(H2,16,17,18,19,20). The van der Waals surface area contributed by atoms with Gasteiger partial charge >= 0.3 is 0 Å². The van der Waals surface area contributed by atoms with Crippen LogP contribution in [0.25, 0.3) is 0 Å². The highest BCUT2D eigenvalue weighted by Crippen LogP contribution is 2.18. The van der Waals surface area contributed by atoms with Crippen molar-refractivity contribution in [3.8, 4) is 0 Å². The SMILES string of the molecule is CCN(CC)c1nc(NN)nc(Nc2ccc(I)cc2)n1. The van der Waals surface area contributed by atoms with Crippen LogP contribution in [0.5, 0.6) is 0 Å². The van der Waals surface area contributed by atoms with Crippen LogP contribution in [0, 0.1) is 3.57 Å². The zero-order valence-corrected chi connectivity index (χ0v) is 14.1. The summed E-state index contributed by atoms with van der Waals surface area (Å²) < 4.78 is 1.17. The van der Waals surface area contributed by atoms with E-state index in [1.807, 2.05) is 29.2 Å². The Balaban J connectivity index is 2.29. The number of nitrogen functional groups attached to an aromatic ring is 1. The number of halogens is 1. The molecular formula is C13H18IN7. The van der Waals surface area contributed by atoms with Gasteiger partial charge < -0.3 is 10.2 Å². The summed E-state index contributed by atoms with van der Waals surface area (Å²) in [5.41, 5.74) is 3.39. The van der Waals surface area contributed by atoms with E-state index >= 15 is 0 Å². The third-order valence-electron chi connectivity index (χ3n) is 2.90. The van der Waals surface area contributed by atoms with Crippen LogP contribution in [0.2, 0.25) is 0 Å². The molecular weight excluding hydrogens is 381 g/mol. The Morgan fingerprint density at radius 1 is 1.05 bits per heavy atom. The Bertz CT molecular complexity index is 584. The van der Waals surface area contributed by atoms with Crippen molar-refractivity contribution < 1.29 is 0 Å². The second-order valence-electron chi connectivity index (χ2n) is 4.23. The first-order valence-electron chi connectivity index (χ1n) is 6.66. The molecule has 0 aliphatic rings. The smallest absolute Gasteiger partial charge is 0.243 e. The minimum atomic E-state index is 0.333. The molecule has 112 valence electrons. The van der Waals surface area contributed by atoms with E-state index in [0.29, 0.717) is 17.8 Å². The lowest BCUT2D eigenvalue weighted by Crippen LogP contribution is -2.25. The molecule has 1 aromatic heterocycles. The van der Waals surface area contributed by atoms with Gasteiger partial charge in [-0.1, -0.05) is 0 Å². The second-order valence-corrected chi connectivity index (χ2v) is 5.48. The molecule has 0 aliphatic carbocycles. The molecule has 2 aromatic rings. The van der Waals surface area contributed by atoms with E-state index in [0.717, 1.165) is 18.8 Å². The molecule has 4 N–H and O–H groups in total. The maximum Gasteiger partial charge on any atom is 0.243 e. The minimum Gasteiger partial charge on any atom is -0.341 e. The molecule has 0 unspecified atom stereocenters. The Morgan fingerprint density at radius 2 is 1.67 bits per heavy atom. The van der Waals surface area contributed by atoms with Crippen molar-refractivity contribution in [3.05, 3.63) is 27.8 Å². The van der Waals surface area contributed by atoms with E-state index in [1.54, 1.807) is 0 Å². The summed E-state index contributed by atoms with van der Waals surface area (Å²) >= 11 is 2.26. The average molecular weight is 399 g/mol. The maximum absolute atomic E-state index is 5.43. The molecule has 0 amide bonds. The summed E-state index contributed by atoms with van der Waals surface area (Å²) in [4.78, 5) is 15.0. The molecule has 0 saturated heterocycles. The van der Waals surface area contributed by atoms with Crippen LogP contribution < -0.4 is 21.5 Å². The first kappa shape index (κ1) is 15.7. The minimum absolute atomic E-state index is 0.333. The lowest BCUT2D eigenvalue weighted by Gasteiger charge is -2.19. The average Bonchev–Trinajstić information content (AvgIpc) is 2.50. The normalized spacial score (nSPS) is 10.3. The number of rotatable bonds is 6. The van der Waals surface area contributed by atoms with Gasteiger partial charge in [-0.2, -0.15) is 15.0 Å². The van der Waals surface area contributed by atoms with Crippen molar-refractivity contribution in [1.29, 1.82) is 0 Å². The molecule has 0 spiro atoms. The molecule has 7 nitrogen and oxygen atoms in total. The van der Waals surface area contributed by atoms with Gasteiger partial charge in [-0.3, -0.25) is 5.43 Å². The van der Waals surface area contributed by atoms with E-state index in [-0.39, 0.29) is 0 Å². The molecule has 2 rings (SSSR count). The predicted molar refractivity (Wildman–Crippen MR) is 93.6 cm³/mol. The zero-order chi connectivity index (χ0) is 15.2. The fourth-order valence-electron chi connectivity index (χ4n) is 1.80. The molecule has 0 fully saturated rings. The van der Waals surface area contributed by atoms with E-state index in [2.05, 4.69) is 62.1 Å². The predicted octanol–water partition coefficient (Wildman–Crippen LogP) is 2.35. The molecule has 1 aromatic carbocycles. The van der Waals surface area contributed by atoms with Gasteiger partial charge in [-0.15, -0.1) is 0 Å². The van der Waals surface area contributed by atoms with Crippen LogP contribution in [0.4, 0.5) is 23.5 Å². The summed E-state index contributed by atoms with van der Waals surface area (Å²) in [6.45, 7) is 5.73. The van der Waals surface area contributed by atoms with Crippen LogP contribution in [0.3, 0.4) is 0 Å². The van der Waals surface area contributed by atoms with Gasteiger partial charge in [0, 0.05) is 22.3 Å². The largest absolute Gasteiger partial charge is 0.341 e. The van der Waals surface area contributed by atoms with Gasteiger partial charge in [0.2, 0.25) is 17.8 Å². The van der Waals surface area contributed by atoms with Gasteiger partial charge in [0.15, 0.2) is 0 Å². The van der Waals surface area contributed by atoms with Crippen molar-refractivity contribution >= 4 is 46.1 Å². The molecule has 8 heteroatoms. The quantitative estimate of drug-likeness (QED) is 0.390. The number of nitrogens with one attached hydrogen (secondary N) is 2. The summed E-state index contributed by atoms with van der Waals surface area (Å²) in [5, 5.41) is 3.16. The molecule has 1 heterocycles. The fourth-order valence-corrected chi connectivity index (χ4v) is 2.15. The van der Waals surface area contributed by atoms with Gasteiger partial charge in [0.25, 0.3) is 0 Å². The first-order chi connectivity index (χ1) is 10.2. The van der Waals surface area contributed by atoms with Crippen LogP contribution in [0.15, 0.2) is 24.3 Å². The van der Waals surface area contributed by atoms with Gasteiger partial charge in [0.1, 0.15) is 0 Å². The number of nitrogens with two attached hydrogens (primary N) is 1. The van der Waals surface area contributed by atoms with E-state index < -0.39 is 0 Å². The van der Waals surface area contributed by atoms with Gasteiger partial charge in [0.05, 0.1) is 0 Å². The maximum atomic E-state index is 5.43. The molecule has 0 bridgehead atoms. The van der Waals surface area contributed by atoms with Crippen molar-refractivity contribution in [2.75, 3.05) is 28.7 Å². The van der Waals surface area contributed by atoms with Crippen LogP contribution >= 0.6 is 22.6 Å². The third-order valence-corrected chi connectivity index (χ3v) is 3.62. The summed E-state index contributed by atoms with van der Waals surface area (Å²) in [6, 6.07) is 7.96. The van der Waals surface area contributed by atoms with Crippen molar-refractivity contribution in [3.63, 3.8) is 0 Å². The number of hydrogen-bond donors (Lipinski definition) is 3. The zero-order valence-electron chi connectivity index (χ0n) is 12.0. The Morgan fingerprint density at radius 3 is 2.24 bits per heavy atom. The first-order valence-corrected chi connectivity index (χ1v) is 7.74.